The quantitative estimate of drug-likeness (QED) is 0.423. The van der Waals surface area contributed by atoms with Crippen LogP contribution in [0.1, 0.15) is 30.0 Å². The van der Waals surface area contributed by atoms with Gasteiger partial charge < -0.3 is 10.2 Å². The average molecular weight is 469 g/mol. The van der Waals surface area contributed by atoms with E-state index in [4.69, 9.17) is 0 Å². The van der Waals surface area contributed by atoms with Gasteiger partial charge in [0.25, 0.3) is 0 Å². The van der Waals surface area contributed by atoms with E-state index in [1.165, 1.54) is 23.0 Å². The van der Waals surface area contributed by atoms with Crippen LogP contribution in [0, 0.1) is 23.3 Å². The van der Waals surface area contributed by atoms with Crippen molar-refractivity contribution in [2.24, 2.45) is 0 Å². The number of amides is 1. The van der Waals surface area contributed by atoms with Crippen LogP contribution in [0.25, 0.3) is 11.2 Å². The summed E-state index contributed by atoms with van der Waals surface area (Å²) in [7, 11) is 0. The third kappa shape index (κ3) is 4.30. The molecule has 2 aromatic heterocycles. The van der Waals surface area contributed by atoms with Crippen LogP contribution in [0.2, 0.25) is 0 Å². The maximum atomic E-state index is 13.8. The van der Waals surface area contributed by atoms with Gasteiger partial charge in [0.15, 0.2) is 5.65 Å². The van der Waals surface area contributed by atoms with Gasteiger partial charge in [-0.3, -0.25) is 0 Å². The van der Waals surface area contributed by atoms with Crippen molar-refractivity contribution in [2.45, 2.75) is 25.4 Å². The number of carbonyl (C=O) groups excluding carboxylic acids is 1. The van der Waals surface area contributed by atoms with Crippen LogP contribution in [0.15, 0.2) is 54.9 Å². The minimum absolute atomic E-state index is 0.0911. The third-order valence-corrected chi connectivity index (χ3v) is 5.78. The largest absolute Gasteiger partial charge is 0.349 e. The Balaban J connectivity index is 1.40. The van der Waals surface area contributed by atoms with Crippen molar-refractivity contribution in [3.05, 3.63) is 89.3 Å². The van der Waals surface area contributed by atoms with E-state index in [-0.39, 0.29) is 23.8 Å². The van der Waals surface area contributed by atoms with Crippen molar-refractivity contribution < 1.29 is 22.4 Å². The molecule has 0 unspecified atom stereocenters. The predicted octanol–water partition coefficient (Wildman–Crippen LogP) is 5.09. The molecule has 0 aliphatic carbocycles. The van der Waals surface area contributed by atoms with Crippen LogP contribution in [-0.2, 0) is 6.54 Å². The number of rotatable bonds is 4. The van der Waals surface area contributed by atoms with Gasteiger partial charge in [-0.05, 0) is 60.4 Å². The Hall–Kier alpha value is -3.95. The number of pyridine rings is 1. The van der Waals surface area contributed by atoms with Gasteiger partial charge >= 0.3 is 6.03 Å². The summed E-state index contributed by atoms with van der Waals surface area (Å²) < 4.78 is 55.6. The van der Waals surface area contributed by atoms with Crippen LogP contribution in [0.4, 0.5) is 28.2 Å². The van der Waals surface area contributed by atoms with E-state index < -0.39 is 29.3 Å². The topological polar surface area (TPSA) is 63.1 Å². The second-order valence-corrected chi connectivity index (χ2v) is 8.12. The lowest BCUT2D eigenvalue weighted by atomic mass is 10.0. The fourth-order valence-electron chi connectivity index (χ4n) is 4.32. The fourth-order valence-corrected chi connectivity index (χ4v) is 4.32. The maximum Gasteiger partial charge on any atom is 0.328 e. The first-order chi connectivity index (χ1) is 16.4. The number of halogens is 4. The fraction of sp³-hybridized carbons (Fsp3) is 0.208. The number of hydrogen-bond acceptors (Lipinski definition) is 4. The molecular weight excluding hydrogens is 450 g/mol. The van der Waals surface area contributed by atoms with Gasteiger partial charge in [0.05, 0.1) is 6.04 Å². The van der Waals surface area contributed by atoms with E-state index in [1.807, 2.05) is 4.90 Å². The van der Waals surface area contributed by atoms with Crippen molar-refractivity contribution in [1.82, 2.24) is 19.9 Å². The molecule has 1 atom stereocenters. The minimum Gasteiger partial charge on any atom is -0.349 e. The summed E-state index contributed by atoms with van der Waals surface area (Å²) >= 11 is 0. The molecule has 3 heterocycles. The lowest BCUT2D eigenvalue weighted by Gasteiger charge is -2.26. The van der Waals surface area contributed by atoms with Crippen LogP contribution >= 0.6 is 0 Å². The third-order valence-electron chi connectivity index (χ3n) is 5.78. The van der Waals surface area contributed by atoms with E-state index in [2.05, 4.69) is 15.3 Å². The summed E-state index contributed by atoms with van der Waals surface area (Å²) in [4.78, 5) is 23.5. The molecule has 5 rings (SSSR count). The molecule has 34 heavy (non-hydrogen) atoms. The molecule has 2 aromatic carbocycles. The summed E-state index contributed by atoms with van der Waals surface area (Å²) in [6.07, 6.45) is 2.82. The SMILES string of the molecule is O=C(NCc1cc(F)cc(F)c1)n1cnc2ccc(N3CCC[C@@H]3c3cc(F)cc(F)c3)nc21. The van der Waals surface area contributed by atoms with Gasteiger partial charge in [-0.1, -0.05) is 0 Å². The second-order valence-electron chi connectivity index (χ2n) is 8.12. The van der Waals surface area contributed by atoms with Gasteiger partial charge in [-0.25, -0.2) is 36.9 Å². The first-order valence-corrected chi connectivity index (χ1v) is 10.7. The van der Waals surface area contributed by atoms with E-state index >= 15 is 0 Å². The Bertz CT molecular complexity index is 1350. The Labute approximate surface area is 191 Å². The highest BCUT2D eigenvalue weighted by Gasteiger charge is 2.28. The number of benzene rings is 2. The zero-order valence-electron chi connectivity index (χ0n) is 17.8. The second kappa shape index (κ2) is 8.77. The summed E-state index contributed by atoms with van der Waals surface area (Å²) in [5.74, 6) is -2.21. The molecule has 1 saturated heterocycles. The smallest absolute Gasteiger partial charge is 0.328 e. The Morgan fingerprint density at radius 2 is 1.65 bits per heavy atom. The van der Waals surface area contributed by atoms with Gasteiger partial charge in [0.1, 0.15) is 40.9 Å². The van der Waals surface area contributed by atoms with E-state index in [9.17, 15) is 22.4 Å². The number of imidazole rings is 1. The summed E-state index contributed by atoms with van der Waals surface area (Å²) in [5, 5.41) is 2.60. The predicted molar refractivity (Wildman–Crippen MR) is 117 cm³/mol. The number of anilines is 1. The van der Waals surface area contributed by atoms with Crippen LogP contribution in [0.3, 0.4) is 0 Å². The van der Waals surface area contributed by atoms with Crippen molar-refractivity contribution in [2.75, 3.05) is 11.4 Å². The number of carbonyl (C=O) groups is 1. The number of nitrogens with one attached hydrogen (secondary N) is 1. The standard InChI is InChI=1S/C24H19F4N5O/c25-16-6-14(7-17(26)10-16)12-29-24(34)33-13-30-20-3-4-22(31-23(20)33)32-5-1-2-21(32)15-8-18(27)11-19(28)9-15/h3-4,6-11,13,21H,1-2,5,12H2,(H,29,34)/t21-/m1/s1. The molecular formula is C24H19F4N5O. The van der Waals surface area contributed by atoms with Crippen LogP contribution in [0.5, 0.6) is 0 Å². The lowest BCUT2D eigenvalue weighted by molar-refractivity contribution is 0.242. The van der Waals surface area contributed by atoms with Gasteiger partial charge in [0.2, 0.25) is 0 Å². The van der Waals surface area contributed by atoms with E-state index in [0.717, 1.165) is 30.7 Å². The summed E-state index contributed by atoms with van der Waals surface area (Å²) in [6.45, 7) is 0.541. The molecule has 10 heteroatoms. The molecule has 1 amide bonds. The molecule has 1 fully saturated rings. The minimum atomic E-state index is -0.734. The van der Waals surface area contributed by atoms with E-state index in [1.54, 1.807) is 12.1 Å². The Morgan fingerprint density at radius 1 is 0.971 bits per heavy atom. The first-order valence-electron chi connectivity index (χ1n) is 10.7. The van der Waals surface area contributed by atoms with Crippen molar-refractivity contribution in [3.8, 4) is 0 Å². The lowest BCUT2D eigenvalue weighted by Crippen LogP contribution is -2.28. The number of fused-ring (bicyclic) bond motifs is 1. The molecule has 1 aliphatic heterocycles. The highest BCUT2D eigenvalue weighted by Crippen LogP contribution is 2.36. The van der Waals surface area contributed by atoms with Gasteiger partial charge in [-0.2, -0.15) is 0 Å². The maximum absolute atomic E-state index is 13.8. The molecule has 1 aliphatic rings. The first kappa shape index (κ1) is 21.9. The van der Waals surface area contributed by atoms with Crippen molar-refractivity contribution in [1.29, 1.82) is 0 Å². The summed E-state index contributed by atoms with van der Waals surface area (Å²) in [6, 6.07) is 9.13. The highest BCUT2D eigenvalue weighted by atomic mass is 19.1. The number of nitrogens with zero attached hydrogens (tertiary/aromatic N) is 4. The van der Waals surface area contributed by atoms with Crippen LogP contribution in [-0.4, -0.2) is 27.1 Å². The van der Waals surface area contributed by atoms with Crippen molar-refractivity contribution >= 4 is 23.0 Å². The number of hydrogen-bond donors (Lipinski definition) is 1. The normalized spacial score (nSPS) is 15.8. The monoisotopic (exact) mass is 469 g/mol. The Morgan fingerprint density at radius 3 is 2.35 bits per heavy atom. The summed E-state index contributed by atoms with van der Waals surface area (Å²) in [5.41, 5.74) is 1.55. The highest BCUT2D eigenvalue weighted by molar-refractivity contribution is 5.87. The molecule has 174 valence electrons. The number of aromatic nitrogens is 3. The molecule has 4 aromatic rings. The molecule has 0 spiro atoms. The zero-order chi connectivity index (χ0) is 23.8. The molecule has 0 saturated carbocycles. The van der Waals surface area contributed by atoms with E-state index in [0.29, 0.717) is 29.9 Å². The van der Waals surface area contributed by atoms with Crippen molar-refractivity contribution in [3.63, 3.8) is 0 Å². The average Bonchev–Trinajstić information content (AvgIpc) is 3.43. The van der Waals surface area contributed by atoms with Crippen LogP contribution < -0.4 is 10.2 Å². The molecule has 6 nitrogen and oxygen atoms in total. The molecule has 0 bridgehead atoms. The molecule has 0 radical (unpaired) electrons. The Kier molecular flexibility index (Phi) is 5.64. The molecule has 1 N–H and O–H groups in total. The zero-order valence-corrected chi connectivity index (χ0v) is 17.8. The van der Waals surface area contributed by atoms with Gasteiger partial charge in [0, 0.05) is 25.2 Å². The van der Waals surface area contributed by atoms with Gasteiger partial charge in [-0.15, -0.1) is 0 Å².